The average Bonchev–Trinajstić information content (AvgIpc) is 2.16. The maximum atomic E-state index is 10.5. The van der Waals surface area contributed by atoms with Crippen LogP contribution in [-0.4, -0.2) is 29.1 Å². The van der Waals surface area contributed by atoms with Gasteiger partial charge in [-0.3, -0.25) is 9.59 Å². The fourth-order valence-electron chi connectivity index (χ4n) is 0.756. The van der Waals surface area contributed by atoms with Gasteiger partial charge in [0.2, 0.25) is 0 Å². The van der Waals surface area contributed by atoms with Gasteiger partial charge in [0, 0.05) is 6.42 Å². The van der Waals surface area contributed by atoms with E-state index >= 15 is 0 Å². The minimum absolute atomic E-state index is 0.190. The molecule has 1 N–H and O–H groups in total. The Morgan fingerprint density at radius 2 is 1.56 bits per heavy atom. The average molecular weight is 296 g/mol. The number of hydrogen-bond acceptors (Lipinski definition) is 4. The Hall–Kier alpha value is -0.226. The Morgan fingerprint density at radius 1 is 1.11 bits per heavy atom. The number of hydrogen-bond donors (Lipinski definition) is 1. The Bertz CT molecular complexity index is 221. The van der Waals surface area contributed by atoms with Crippen LogP contribution in [0, 0.1) is 0 Å². The van der Waals surface area contributed by atoms with Crippen molar-refractivity contribution in [3.8, 4) is 0 Å². The summed E-state index contributed by atoms with van der Waals surface area (Å²) in [6, 6.07) is 0. The summed E-state index contributed by atoms with van der Waals surface area (Å²) in [5.74, 6) is -1.22. The number of ketones is 1. The molecule has 6 heteroatoms. The van der Waals surface area contributed by atoms with E-state index in [2.05, 4.69) is 0 Å². The van der Waals surface area contributed by atoms with Gasteiger partial charge in [0.1, 0.15) is 12.2 Å². The second kappa shape index (κ2) is 13.2. The second-order valence-electron chi connectivity index (χ2n) is 4.28. The maximum Gasteiger partial charge on any atom is 0.310 e. The van der Waals surface area contributed by atoms with Crippen LogP contribution < -0.4 is 0 Å². The smallest absolute Gasteiger partial charge is 0.310 e. The largest absolute Gasteiger partial charge is 0.481 e. The number of carbonyl (C=O) groups excluding carboxylic acids is 1. The SMILES string of the molecule is CC(C)[O][Ti][O]C(C)C.CCCC(=O)CC(=O)O. The van der Waals surface area contributed by atoms with Gasteiger partial charge in [-0.05, 0) is 6.42 Å². The summed E-state index contributed by atoms with van der Waals surface area (Å²) in [6.45, 7) is 9.93. The summed E-state index contributed by atoms with van der Waals surface area (Å²) >= 11 is -0.574. The molecule has 0 aromatic rings. The number of carbonyl (C=O) groups is 2. The zero-order valence-electron chi connectivity index (χ0n) is 11.9. The molecule has 0 unspecified atom stereocenters. The van der Waals surface area contributed by atoms with Crippen molar-refractivity contribution in [3.63, 3.8) is 0 Å². The monoisotopic (exact) mass is 296 g/mol. The van der Waals surface area contributed by atoms with E-state index < -0.39 is 25.9 Å². The van der Waals surface area contributed by atoms with Crippen LogP contribution >= 0.6 is 0 Å². The number of aliphatic carboxylic acids is 1. The molecule has 0 aromatic carbocycles. The third-order valence-corrected chi connectivity index (χ3v) is 3.22. The van der Waals surface area contributed by atoms with E-state index in [-0.39, 0.29) is 12.2 Å². The van der Waals surface area contributed by atoms with Crippen LogP contribution in [0.2, 0.25) is 0 Å². The van der Waals surface area contributed by atoms with Gasteiger partial charge in [0.25, 0.3) is 0 Å². The summed E-state index contributed by atoms with van der Waals surface area (Å²) in [5, 5.41) is 8.09. The number of Topliss-reactive ketones (excluding diaryl/α,β-unsaturated/α-hetero) is 1. The van der Waals surface area contributed by atoms with E-state index in [9.17, 15) is 9.59 Å². The van der Waals surface area contributed by atoms with Gasteiger partial charge in [0.15, 0.2) is 0 Å². The van der Waals surface area contributed by atoms with Crippen LogP contribution in [0.1, 0.15) is 53.9 Å². The van der Waals surface area contributed by atoms with Gasteiger partial charge >= 0.3 is 72.4 Å². The van der Waals surface area contributed by atoms with Crippen LogP contribution in [0.25, 0.3) is 0 Å². The maximum absolute atomic E-state index is 10.5. The molecule has 0 atom stereocenters. The zero-order valence-corrected chi connectivity index (χ0v) is 13.4. The Kier molecular flexibility index (Phi) is 14.8. The molecule has 0 amide bonds. The van der Waals surface area contributed by atoms with Crippen molar-refractivity contribution in [3.05, 3.63) is 0 Å². The molecule has 0 saturated carbocycles. The molecule has 0 rings (SSSR count). The first-order valence-corrected chi connectivity index (χ1v) is 7.36. The molecule has 0 heterocycles. The molecule has 0 aromatic heterocycles. The van der Waals surface area contributed by atoms with Crippen LogP contribution in [0.4, 0.5) is 0 Å². The minimum atomic E-state index is -1.03. The van der Waals surface area contributed by atoms with Crippen LogP contribution in [0.3, 0.4) is 0 Å². The Labute approximate surface area is 119 Å². The molecule has 0 fully saturated rings. The van der Waals surface area contributed by atoms with Gasteiger partial charge < -0.3 is 5.11 Å². The van der Waals surface area contributed by atoms with Crippen molar-refractivity contribution in [2.45, 2.75) is 66.1 Å². The molecular weight excluding hydrogens is 272 g/mol. The molecular formula is C12H24O5Ti. The van der Waals surface area contributed by atoms with Gasteiger partial charge in [-0.2, -0.15) is 0 Å². The summed E-state index contributed by atoms with van der Waals surface area (Å²) in [6.07, 6.45) is 1.43. The van der Waals surface area contributed by atoms with Crippen LogP contribution in [0.15, 0.2) is 0 Å². The van der Waals surface area contributed by atoms with Gasteiger partial charge in [0.05, 0.1) is 0 Å². The fourth-order valence-corrected chi connectivity index (χ4v) is 1.44. The molecule has 0 aliphatic rings. The molecule has 18 heavy (non-hydrogen) atoms. The van der Waals surface area contributed by atoms with E-state index in [1.54, 1.807) is 0 Å². The number of rotatable bonds is 8. The Morgan fingerprint density at radius 3 is 1.83 bits per heavy atom. The summed E-state index contributed by atoms with van der Waals surface area (Å²) < 4.78 is 10.5. The minimum Gasteiger partial charge on any atom is -0.481 e. The third-order valence-electron chi connectivity index (χ3n) is 1.44. The van der Waals surface area contributed by atoms with E-state index in [0.29, 0.717) is 18.6 Å². The summed E-state index contributed by atoms with van der Waals surface area (Å²) in [4.78, 5) is 20.3. The van der Waals surface area contributed by atoms with Crippen molar-refractivity contribution >= 4 is 11.8 Å². The summed E-state index contributed by atoms with van der Waals surface area (Å²) in [7, 11) is 0. The molecule has 0 saturated heterocycles. The van der Waals surface area contributed by atoms with Crippen LogP contribution in [-0.2, 0) is 36.2 Å². The van der Waals surface area contributed by atoms with Crippen LogP contribution in [0.5, 0.6) is 0 Å². The molecule has 0 aliphatic carbocycles. The Balaban J connectivity index is 0. The molecule has 0 spiro atoms. The first-order chi connectivity index (χ1) is 8.29. The zero-order chi connectivity index (χ0) is 14.6. The third kappa shape index (κ3) is 21.1. The quantitative estimate of drug-likeness (QED) is 0.550. The first-order valence-electron chi connectivity index (χ1n) is 6.09. The van der Waals surface area contributed by atoms with Crippen molar-refractivity contribution in [2.75, 3.05) is 0 Å². The standard InChI is InChI=1S/C6H10O3.2C3H7O.Ti/c1-2-3-5(7)4-6(8)9;2*1-3(2)4;/h2-4H2,1H3,(H,8,9);2*3H,1-2H3;/q;2*-1;+2. The first kappa shape index (κ1) is 20.1. The fraction of sp³-hybridized carbons (Fsp3) is 0.833. The van der Waals surface area contributed by atoms with E-state index in [1.807, 2.05) is 34.6 Å². The summed E-state index contributed by atoms with van der Waals surface area (Å²) in [5.41, 5.74) is 0. The number of carboxylic acids is 1. The van der Waals surface area contributed by atoms with Gasteiger partial charge in [-0.15, -0.1) is 0 Å². The molecule has 0 aliphatic heterocycles. The topological polar surface area (TPSA) is 72.8 Å². The predicted octanol–water partition coefficient (Wildman–Crippen LogP) is 2.58. The van der Waals surface area contributed by atoms with Crippen molar-refractivity contribution < 1.29 is 41.3 Å². The molecule has 0 bridgehead atoms. The number of carboxylic acid groups (broad SMARTS) is 1. The van der Waals surface area contributed by atoms with Crippen molar-refractivity contribution in [1.82, 2.24) is 0 Å². The normalized spacial score (nSPS) is 9.94. The van der Waals surface area contributed by atoms with Crippen molar-refractivity contribution in [1.29, 1.82) is 0 Å². The van der Waals surface area contributed by atoms with E-state index in [0.717, 1.165) is 6.42 Å². The molecule has 0 radical (unpaired) electrons. The van der Waals surface area contributed by atoms with E-state index in [1.165, 1.54) is 0 Å². The van der Waals surface area contributed by atoms with E-state index in [4.69, 9.17) is 11.7 Å². The van der Waals surface area contributed by atoms with Crippen molar-refractivity contribution in [2.24, 2.45) is 0 Å². The predicted molar refractivity (Wildman–Crippen MR) is 64.6 cm³/mol. The van der Waals surface area contributed by atoms with Gasteiger partial charge in [-0.25, -0.2) is 0 Å². The molecule has 5 nitrogen and oxygen atoms in total. The molecule has 106 valence electrons. The van der Waals surface area contributed by atoms with Gasteiger partial charge in [-0.1, -0.05) is 6.92 Å². The second-order valence-corrected chi connectivity index (χ2v) is 5.27.